The molecule has 0 amide bonds. The van der Waals surface area contributed by atoms with Gasteiger partial charge in [-0.3, -0.25) is 0 Å². The van der Waals surface area contributed by atoms with Crippen LogP contribution < -0.4 is 10.6 Å². The molecule has 0 heterocycles. The van der Waals surface area contributed by atoms with Crippen LogP contribution in [0.15, 0.2) is 22.7 Å². The number of benzene rings is 1. The van der Waals surface area contributed by atoms with Gasteiger partial charge < -0.3 is 15.5 Å². The summed E-state index contributed by atoms with van der Waals surface area (Å²) in [6.07, 6.45) is 0. The van der Waals surface area contributed by atoms with E-state index >= 15 is 0 Å². The molecule has 0 fully saturated rings. The van der Waals surface area contributed by atoms with E-state index in [4.69, 9.17) is 5.73 Å². The van der Waals surface area contributed by atoms with Crippen molar-refractivity contribution < 1.29 is 0 Å². The molecular formula is C13H22BrN3. The Balaban J connectivity index is 2.75. The lowest BCUT2D eigenvalue weighted by Crippen LogP contribution is -2.28. The van der Waals surface area contributed by atoms with Gasteiger partial charge in [-0.2, -0.15) is 0 Å². The second-order valence-electron chi connectivity index (χ2n) is 4.72. The van der Waals surface area contributed by atoms with Crippen molar-refractivity contribution in [3.63, 3.8) is 0 Å². The molecule has 0 saturated heterocycles. The first-order valence-corrected chi connectivity index (χ1v) is 6.62. The fourth-order valence-electron chi connectivity index (χ4n) is 1.60. The summed E-state index contributed by atoms with van der Waals surface area (Å²) in [5.74, 6) is 0. The molecule has 0 aliphatic heterocycles. The molecule has 2 N–H and O–H groups in total. The van der Waals surface area contributed by atoms with E-state index in [1.54, 1.807) is 0 Å². The van der Waals surface area contributed by atoms with Crippen LogP contribution in [-0.4, -0.2) is 39.1 Å². The molecule has 3 nitrogen and oxygen atoms in total. The van der Waals surface area contributed by atoms with Gasteiger partial charge in [0, 0.05) is 36.3 Å². The molecule has 1 unspecified atom stereocenters. The molecule has 1 aromatic carbocycles. The minimum absolute atomic E-state index is 0.0607. The number of anilines is 1. The van der Waals surface area contributed by atoms with Gasteiger partial charge in [0.2, 0.25) is 0 Å². The molecule has 17 heavy (non-hydrogen) atoms. The summed E-state index contributed by atoms with van der Waals surface area (Å²) in [5, 5.41) is 0. The number of hydrogen-bond acceptors (Lipinski definition) is 3. The van der Waals surface area contributed by atoms with Gasteiger partial charge in [-0.25, -0.2) is 0 Å². The maximum Gasteiger partial charge on any atom is 0.0375 e. The lowest BCUT2D eigenvalue weighted by atomic mass is 10.1. The van der Waals surface area contributed by atoms with E-state index in [0.29, 0.717) is 0 Å². The molecule has 96 valence electrons. The summed E-state index contributed by atoms with van der Waals surface area (Å²) in [5.41, 5.74) is 8.25. The van der Waals surface area contributed by atoms with Gasteiger partial charge in [-0.1, -0.05) is 22.0 Å². The van der Waals surface area contributed by atoms with E-state index in [1.807, 2.05) is 6.92 Å². The molecule has 1 aromatic rings. The normalized spacial score (nSPS) is 12.9. The first kappa shape index (κ1) is 14.5. The number of halogens is 1. The first-order chi connectivity index (χ1) is 7.91. The lowest BCUT2D eigenvalue weighted by molar-refractivity contribution is 0.416. The van der Waals surface area contributed by atoms with Gasteiger partial charge in [0.25, 0.3) is 0 Å². The summed E-state index contributed by atoms with van der Waals surface area (Å²) >= 11 is 3.58. The molecule has 4 heteroatoms. The second kappa shape index (κ2) is 6.38. The monoisotopic (exact) mass is 299 g/mol. The second-order valence-corrected chi connectivity index (χ2v) is 5.57. The molecule has 0 aliphatic carbocycles. The van der Waals surface area contributed by atoms with Crippen molar-refractivity contribution in [2.24, 2.45) is 5.73 Å². The van der Waals surface area contributed by atoms with Crippen LogP contribution in [0.5, 0.6) is 0 Å². The Hall–Kier alpha value is -0.580. The highest BCUT2D eigenvalue weighted by Gasteiger charge is 2.08. The maximum atomic E-state index is 5.89. The van der Waals surface area contributed by atoms with Crippen molar-refractivity contribution >= 4 is 21.6 Å². The zero-order valence-electron chi connectivity index (χ0n) is 11.1. The minimum atomic E-state index is 0.0607. The molecule has 0 bridgehead atoms. The maximum absolute atomic E-state index is 5.89. The highest BCUT2D eigenvalue weighted by molar-refractivity contribution is 9.10. The molecule has 0 spiro atoms. The van der Waals surface area contributed by atoms with Crippen LogP contribution in [0.4, 0.5) is 5.69 Å². The van der Waals surface area contributed by atoms with Gasteiger partial charge in [0.15, 0.2) is 0 Å². The predicted molar refractivity (Wildman–Crippen MR) is 78.6 cm³/mol. The van der Waals surface area contributed by atoms with E-state index in [9.17, 15) is 0 Å². The third kappa shape index (κ3) is 4.30. The Kier molecular flexibility index (Phi) is 5.43. The third-order valence-electron chi connectivity index (χ3n) is 2.80. The Morgan fingerprint density at radius 3 is 2.35 bits per heavy atom. The molecule has 1 rings (SSSR count). The quantitative estimate of drug-likeness (QED) is 0.906. The lowest BCUT2D eigenvalue weighted by Gasteiger charge is -2.22. The van der Waals surface area contributed by atoms with Crippen LogP contribution >= 0.6 is 15.9 Å². The third-order valence-corrected chi connectivity index (χ3v) is 3.48. The van der Waals surface area contributed by atoms with Crippen LogP contribution in [0, 0.1) is 0 Å². The van der Waals surface area contributed by atoms with Crippen molar-refractivity contribution in [1.82, 2.24) is 4.90 Å². The Morgan fingerprint density at radius 2 is 1.88 bits per heavy atom. The number of likely N-dealkylation sites (N-methyl/N-ethyl adjacent to an activating group) is 2. The largest absolute Gasteiger partial charge is 0.373 e. The van der Waals surface area contributed by atoms with Crippen LogP contribution in [-0.2, 0) is 0 Å². The summed E-state index contributed by atoms with van der Waals surface area (Å²) in [6.45, 7) is 4.05. The zero-order chi connectivity index (χ0) is 13.0. The molecule has 0 saturated carbocycles. The van der Waals surface area contributed by atoms with Crippen LogP contribution in [0.2, 0.25) is 0 Å². The summed E-state index contributed by atoms with van der Waals surface area (Å²) in [7, 11) is 6.28. The predicted octanol–water partition coefficient (Wildman–Crippen LogP) is 2.47. The van der Waals surface area contributed by atoms with E-state index in [2.05, 4.69) is 65.1 Å². The van der Waals surface area contributed by atoms with Crippen molar-refractivity contribution in [3.8, 4) is 0 Å². The number of hydrogen-bond donors (Lipinski definition) is 1. The molecule has 1 atom stereocenters. The highest BCUT2D eigenvalue weighted by Crippen LogP contribution is 2.26. The summed E-state index contributed by atoms with van der Waals surface area (Å²) < 4.78 is 1.08. The standard InChI is InChI=1S/C13H22BrN3/c1-10(15)12-6-5-11(9-13(12)14)17(4)8-7-16(2)3/h5-6,9-10H,7-8,15H2,1-4H3. The molecule has 0 aromatic heterocycles. The Morgan fingerprint density at radius 1 is 1.24 bits per heavy atom. The molecule has 0 aliphatic rings. The SMILES string of the molecule is CC(N)c1ccc(N(C)CCN(C)C)cc1Br. The van der Waals surface area contributed by atoms with Crippen LogP contribution in [0.25, 0.3) is 0 Å². The Labute approximate surface area is 113 Å². The summed E-state index contributed by atoms with van der Waals surface area (Å²) in [4.78, 5) is 4.43. The van der Waals surface area contributed by atoms with Crippen molar-refractivity contribution in [1.29, 1.82) is 0 Å². The van der Waals surface area contributed by atoms with E-state index in [1.165, 1.54) is 5.69 Å². The van der Waals surface area contributed by atoms with Gasteiger partial charge in [0.05, 0.1) is 0 Å². The molecular weight excluding hydrogens is 278 g/mol. The van der Waals surface area contributed by atoms with E-state index < -0.39 is 0 Å². The van der Waals surface area contributed by atoms with Crippen LogP contribution in [0.1, 0.15) is 18.5 Å². The Bertz CT molecular complexity index is 364. The minimum Gasteiger partial charge on any atom is -0.373 e. The summed E-state index contributed by atoms with van der Waals surface area (Å²) in [6, 6.07) is 6.41. The van der Waals surface area contributed by atoms with E-state index in [0.717, 1.165) is 23.1 Å². The topological polar surface area (TPSA) is 32.5 Å². The van der Waals surface area contributed by atoms with Crippen LogP contribution in [0.3, 0.4) is 0 Å². The van der Waals surface area contributed by atoms with Crippen molar-refractivity contribution in [3.05, 3.63) is 28.2 Å². The number of nitrogens with zero attached hydrogens (tertiary/aromatic N) is 2. The van der Waals surface area contributed by atoms with Crippen molar-refractivity contribution in [2.75, 3.05) is 39.1 Å². The van der Waals surface area contributed by atoms with Crippen molar-refractivity contribution in [2.45, 2.75) is 13.0 Å². The highest BCUT2D eigenvalue weighted by atomic mass is 79.9. The fourth-order valence-corrected chi connectivity index (χ4v) is 2.33. The first-order valence-electron chi connectivity index (χ1n) is 5.82. The fraction of sp³-hybridized carbons (Fsp3) is 0.538. The average molecular weight is 300 g/mol. The molecule has 0 radical (unpaired) electrons. The van der Waals surface area contributed by atoms with Gasteiger partial charge >= 0.3 is 0 Å². The van der Waals surface area contributed by atoms with Gasteiger partial charge in [-0.05, 0) is 38.7 Å². The zero-order valence-corrected chi connectivity index (χ0v) is 12.7. The van der Waals surface area contributed by atoms with E-state index in [-0.39, 0.29) is 6.04 Å². The number of nitrogens with two attached hydrogens (primary N) is 1. The van der Waals surface area contributed by atoms with Gasteiger partial charge in [0.1, 0.15) is 0 Å². The smallest absolute Gasteiger partial charge is 0.0375 e. The average Bonchev–Trinajstić information content (AvgIpc) is 2.25. The number of rotatable bonds is 5. The van der Waals surface area contributed by atoms with Gasteiger partial charge in [-0.15, -0.1) is 0 Å².